The Hall–Kier alpha value is -4.68. The van der Waals surface area contributed by atoms with E-state index < -0.39 is 0 Å². The van der Waals surface area contributed by atoms with E-state index >= 15 is 0 Å². The minimum atomic E-state index is 0.138. The van der Waals surface area contributed by atoms with E-state index in [2.05, 4.69) is 125 Å². The van der Waals surface area contributed by atoms with Crippen molar-refractivity contribution in [3.05, 3.63) is 108 Å². The summed E-state index contributed by atoms with van der Waals surface area (Å²) in [5, 5.41) is 25.1. The predicted octanol–water partition coefficient (Wildman–Crippen LogP) is 14.3. The van der Waals surface area contributed by atoms with E-state index in [9.17, 15) is 0 Å². The number of hydrogen-bond donors (Lipinski definition) is 0. The van der Waals surface area contributed by atoms with Crippen LogP contribution < -0.4 is 0 Å². The molecule has 0 aromatic heterocycles. The van der Waals surface area contributed by atoms with E-state index in [0.717, 1.165) is 0 Å². The van der Waals surface area contributed by atoms with Crippen LogP contribution in [0.15, 0.2) is 97.1 Å². The van der Waals surface area contributed by atoms with Gasteiger partial charge in [0.05, 0.1) is 0 Å². The van der Waals surface area contributed by atoms with Crippen molar-refractivity contribution < 1.29 is 0 Å². The van der Waals surface area contributed by atoms with Crippen LogP contribution in [-0.4, -0.2) is 0 Å². The zero-order valence-electron chi connectivity index (χ0n) is 28.5. The summed E-state index contributed by atoms with van der Waals surface area (Å²) in [4.78, 5) is 0. The molecule has 0 heterocycles. The Kier molecular flexibility index (Phi) is 5.15. The maximum absolute atomic E-state index is 2.51. The van der Waals surface area contributed by atoms with E-state index in [1.54, 1.807) is 0 Å². The molecule has 12 aliphatic rings. The normalized spacial score (nSPS) is 17.4. The van der Waals surface area contributed by atoms with Crippen LogP contribution in [0, 0.1) is 0 Å². The highest BCUT2D eigenvalue weighted by Crippen LogP contribution is 2.50. The van der Waals surface area contributed by atoms with Gasteiger partial charge in [0, 0.05) is 0 Å². The molecular weight excluding hydrogens is 577 g/mol. The van der Waals surface area contributed by atoms with Crippen LogP contribution in [0.3, 0.4) is 0 Å². The summed E-state index contributed by atoms with van der Waals surface area (Å²) in [7, 11) is 0. The van der Waals surface area contributed by atoms with Gasteiger partial charge in [-0.05, 0) is 132 Å². The molecule has 232 valence electrons. The van der Waals surface area contributed by atoms with Crippen molar-refractivity contribution in [2.45, 2.75) is 77.0 Å². The highest BCUT2D eigenvalue weighted by atomic mass is 14.3. The second kappa shape index (κ2) is 9.06. The number of benzene rings is 10. The molecule has 0 saturated carbocycles. The first-order valence-corrected chi connectivity index (χ1v) is 18.2. The fraction of sp³-hybridized carbons (Fsp3) is 0.250. The first-order valence-electron chi connectivity index (χ1n) is 18.2. The van der Waals surface area contributed by atoms with Crippen molar-refractivity contribution in [1.82, 2.24) is 0 Å². The van der Waals surface area contributed by atoms with Gasteiger partial charge in [0.25, 0.3) is 0 Å². The van der Waals surface area contributed by atoms with E-state index in [0.29, 0.717) is 0 Å². The highest BCUT2D eigenvalue weighted by Gasteiger charge is 2.26. The maximum atomic E-state index is 2.51. The Balaban J connectivity index is 1.31. The standard InChI is InChI=1S/C48H40/c1-47(2)21-7-5-6-8-22-48(3,4)32-25-29-11-15-35-39-19-17-37-33-13-9-27-23-31(47)24-28-10-14-34(43(33)41(27)28)38-18-20-40(46(39)45(37)38)36-16-12-30(26-32)42(29)44(35)36/h9-20,23-26H,5-8,21-22H2,1-4H3. The summed E-state index contributed by atoms with van der Waals surface area (Å²) >= 11 is 0. The Labute approximate surface area is 281 Å². The van der Waals surface area contributed by atoms with Gasteiger partial charge < -0.3 is 0 Å². The molecule has 0 N–H and O–H groups in total. The molecule has 0 unspecified atom stereocenters. The van der Waals surface area contributed by atoms with Gasteiger partial charge in [0.2, 0.25) is 0 Å². The van der Waals surface area contributed by atoms with Gasteiger partial charge in [-0.2, -0.15) is 0 Å². The van der Waals surface area contributed by atoms with Gasteiger partial charge in [-0.15, -0.1) is 0 Å². The van der Waals surface area contributed by atoms with Crippen LogP contribution in [0.4, 0.5) is 0 Å². The van der Waals surface area contributed by atoms with Crippen molar-refractivity contribution in [2.75, 3.05) is 0 Å². The summed E-state index contributed by atoms with van der Waals surface area (Å²) in [5.41, 5.74) is 3.22. The maximum Gasteiger partial charge on any atom is -0.00139 e. The number of rotatable bonds is 0. The van der Waals surface area contributed by atoms with Crippen LogP contribution in [0.5, 0.6) is 0 Å². The molecular formula is C48H40. The van der Waals surface area contributed by atoms with Crippen molar-refractivity contribution in [2.24, 2.45) is 0 Å². The lowest BCUT2D eigenvalue weighted by Gasteiger charge is -2.28. The average Bonchev–Trinajstić information content (AvgIpc) is 3.09. The zero-order chi connectivity index (χ0) is 32.1. The Morgan fingerprint density at radius 3 is 0.854 bits per heavy atom. The lowest BCUT2D eigenvalue weighted by Crippen LogP contribution is -2.18. The summed E-state index contributed by atoms with van der Waals surface area (Å²) < 4.78 is 0. The molecule has 0 radical (unpaired) electrons. The molecule has 10 aromatic rings. The molecule has 0 fully saturated rings. The van der Waals surface area contributed by atoms with Gasteiger partial charge in [-0.1, -0.05) is 150 Å². The number of hydrogen-bond acceptors (Lipinski definition) is 0. The largest absolute Gasteiger partial charge is 0.0558 e. The minimum Gasteiger partial charge on any atom is -0.0558 e. The summed E-state index contributed by atoms with van der Waals surface area (Å²) in [5.74, 6) is 0. The summed E-state index contributed by atoms with van der Waals surface area (Å²) in [6.45, 7) is 9.84. The average molecular weight is 617 g/mol. The Morgan fingerprint density at radius 2 is 0.562 bits per heavy atom. The molecule has 0 atom stereocenters. The van der Waals surface area contributed by atoms with Crippen LogP contribution in [0.25, 0.3) is 97.0 Å². The quantitative estimate of drug-likeness (QED) is 0.117. The van der Waals surface area contributed by atoms with Crippen LogP contribution in [0.1, 0.15) is 77.3 Å². The van der Waals surface area contributed by atoms with Gasteiger partial charge in [0.15, 0.2) is 0 Å². The second-order valence-corrected chi connectivity index (χ2v) is 16.6. The molecule has 10 aromatic carbocycles. The molecule has 20 bridgehead atoms. The smallest absolute Gasteiger partial charge is 0.00139 e. The third kappa shape index (κ3) is 3.41. The lowest BCUT2D eigenvalue weighted by atomic mass is 9.76. The minimum absolute atomic E-state index is 0.138. The molecule has 0 nitrogen and oxygen atoms in total. The monoisotopic (exact) mass is 616 g/mol. The second-order valence-electron chi connectivity index (χ2n) is 16.6. The molecule has 0 amide bonds. The molecule has 0 spiro atoms. The van der Waals surface area contributed by atoms with Crippen molar-refractivity contribution in [3.8, 4) is 0 Å². The van der Waals surface area contributed by atoms with Gasteiger partial charge >= 0.3 is 0 Å². The fourth-order valence-corrected chi connectivity index (χ4v) is 10.2. The molecule has 22 rings (SSSR count). The van der Waals surface area contributed by atoms with Crippen LogP contribution in [-0.2, 0) is 10.8 Å². The predicted molar refractivity (Wildman–Crippen MR) is 211 cm³/mol. The Morgan fingerprint density at radius 1 is 0.312 bits per heavy atom. The molecule has 12 aliphatic carbocycles. The molecule has 0 saturated heterocycles. The third-order valence-electron chi connectivity index (χ3n) is 12.9. The molecule has 0 heteroatoms. The van der Waals surface area contributed by atoms with Crippen molar-refractivity contribution in [1.29, 1.82) is 0 Å². The van der Waals surface area contributed by atoms with Gasteiger partial charge in [0.1, 0.15) is 0 Å². The fourth-order valence-electron chi connectivity index (χ4n) is 10.2. The highest BCUT2D eigenvalue weighted by molar-refractivity contribution is 6.44. The van der Waals surface area contributed by atoms with E-state index in [-0.39, 0.29) is 10.8 Å². The van der Waals surface area contributed by atoms with E-state index in [1.165, 1.54) is 147 Å². The Bertz CT molecular complexity index is 2570. The molecule has 0 aliphatic heterocycles. The van der Waals surface area contributed by atoms with Gasteiger partial charge in [-0.25, -0.2) is 0 Å². The molecule has 48 heavy (non-hydrogen) atoms. The summed E-state index contributed by atoms with van der Waals surface area (Å²) in [6, 6.07) is 39.1. The zero-order valence-corrected chi connectivity index (χ0v) is 28.5. The van der Waals surface area contributed by atoms with E-state index in [4.69, 9.17) is 0 Å². The third-order valence-corrected chi connectivity index (χ3v) is 12.9. The first-order chi connectivity index (χ1) is 23.3. The van der Waals surface area contributed by atoms with Crippen LogP contribution in [0.2, 0.25) is 0 Å². The van der Waals surface area contributed by atoms with Crippen molar-refractivity contribution in [3.63, 3.8) is 0 Å². The lowest BCUT2D eigenvalue weighted by molar-refractivity contribution is 0.419. The topological polar surface area (TPSA) is 0 Å². The summed E-state index contributed by atoms with van der Waals surface area (Å²) in [6.07, 6.45) is 7.59. The van der Waals surface area contributed by atoms with Crippen molar-refractivity contribution >= 4 is 97.0 Å². The van der Waals surface area contributed by atoms with Gasteiger partial charge in [-0.3, -0.25) is 0 Å². The van der Waals surface area contributed by atoms with Crippen LogP contribution >= 0.6 is 0 Å². The first kappa shape index (κ1) is 27.3. The van der Waals surface area contributed by atoms with E-state index in [1.807, 2.05) is 0 Å². The SMILES string of the molecule is CC1(C)CCCCCCC(C)(C)c2cc3ccc4c5ccc6c7ccc8cc1cc1ccc(c9ccc(c%10ccc(c2)c3c4%10)c5c69)c7c81.